The fourth-order valence-corrected chi connectivity index (χ4v) is 3.52. The molecule has 7 nitrogen and oxygen atoms in total. The Hall–Kier alpha value is -2.20. The van der Waals surface area contributed by atoms with Crippen molar-refractivity contribution in [3.05, 3.63) is 30.1 Å². The number of carbonyl (C=O) groups is 2. The van der Waals surface area contributed by atoms with Gasteiger partial charge in [0.15, 0.2) is 4.34 Å². The highest BCUT2D eigenvalue weighted by Crippen LogP contribution is 2.25. The molecule has 1 aromatic carbocycles. The second kappa shape index (κ2) is 9.33. The van der Waals surface area contributed by atoms with E-state index in [1.54, 1.807) is 7.05 Å². The largest absolute Gasteiger partial charge is 0.360 e. The van der Waals surface area contributed by atoms with E-state index < -0.39 is 0 Å². The summed E-state index contributed by atoms with van der Waals surface area (Å²) in [7, 11) is 1.55. The Morgan fingerprint density at radius 1 is 1.28 bits per heavy atom. The van der Waals surface area contributed by atoms with Crippen molar-refractivity contribution in [2.45, 2.75) is 11.3 Å². The zero-order chi connectivity index (χ0) is 18.2. The molecule has 0 radical (unpaired) electrons. The van der Waals surface area contributed by atoms with Crippen molar-refractivity contribution >= 4 is 45.7 Å². The van der Waals surface area contributed by atoms with E-state index in [-0.39, 0.29) is 29.9 Å². The Balaban J connectivity index is 1.76. The van der Waals surface area contributed by atoms with Crippen molar-refractivity contribution in [1.29, 1.82) is 0 Å². The van der Waals surface area contributed by atoms with Crippen molar-refractivity contribution in [2.24, 2.45) is 0 Å². The minimum atomic E-state index is -0.378. The fraction of sp³-hybridized carbons (Fsp3) is 0.333. The molecule has 25 heavy (non-hydrogen) atoms. The van der Waals surface area contributed by atoms with E-state index in [1.165, 1.54) is 52.3 Å². The van der Waals surface area contributed by atoms with Gasteiger partial charge in [0.25, 0.3) is 0 Å². The number of thioether (sulfide) groups is 1. The summed E-state index contributed by atoms with van der Waals surface area (Å²) in [6, 6.07) is 5.43. The molecule has 0 saturated heterocycles. The lowest BCUT2D eigenvalue weighted by Crippen LogP contribution is -2.35. The van der Waals surface area contributed by atoms with Crippen LogP contribution in [-0.4, -0.2) is 52.8 Å². The summed E-state index contributed by atoms with van der Waals surface area (Å²) in [6.07, 6.45) is 0. The van der Waals surface area contributed by atoms with Gasteiger partial charge in [-0.2, -0.15) is 0 Å². The Morgan fingerprint density at radius 2 is 2.00 bits per heavy atom. The van der Waals surface area contributed by atoms with Crippen LogP contribution in [0.25, 0.3) is 0 Å². The monoisotopic (exact) mass is 383 g/mol. The molecule has 0 bridgehead atoms. The average molecular weight is 383 g/mol. The van der Waals surface area contributed by atoms with Crippen LogP contribution in [0.2, 0.25) is 0 Å². The number of nitrogens with one attached hydrogen (secondary N) is 2. The van der Waals surface area contributed by atoms with Gasteiger partial charge in [0.1, 0.15) is 5.82 Å². The van der Waals surface area contributed by atoms with Crippen LogP contribution in [0.1, 0.15) is 6.92 Å². The number of nitrogens with zero attached hydrogens (tertiary/aromatic N) is 3. The molecule has 0 spiro atoms. The zero-order valence-electron chi connectivity index (χ0n) is 13.8. The Kier molecular flexibility index (Phi) is 7.14. The van der Waals surface area contributed by atoms with Crippen LogP contribution in [0.5, 0.6) is 0 Å². The number of carbonyl (C=O) groups excluding carboxylic acids is 2. The van der Waals surface area contributed by atoms with E-state index in [4.69, 9.17) is 0 Å². The first-order chi connectivity index (χ1) is 12.0. The SMILES string of the molecule is CCNc1nnc(SCC(=O)N(C)CC(=O)Nc2ccc(F)cc2)s1. The minimum Gasteiger partial charge on any atom is -0.360 e. The molecule has 1 heterocycles. The molecule has 0 unspecified atom stereocenters. The summed E-state index contributed by atoms with van der Waals surface area (Å²) in [5.41, 5.74) is 0.478. The lowest BCUT2D eigenvalue weighted by atomic mass is 10.3. The number of rotatable bonds is 8. The molecule has 2 amide bonds. The first-order valence-electron chi connectivity index (χ1n) is 7.47. The van der Waals surface area contributed by atoms with E-state index >= 15 is 0 Å². The lowest BCUT2D eigenvalue weighted by molar-refractivity contribution is -0.131. The number of halogens is 1. The molecule has 0 aliphatic rings. The fourth-order valence-electron chi connectivity index (χ4n) is 1.76. The van der Waals surface area contributed by atoms with Crippen LogP contribution < -0.4 is 10.6 Å². The van der Waals surface area contributed by atoms with Crippen molar-refractivity contribution in [3.63, 3.8) is 0 Å². The molecule has 0 aliphatic carbocycles. The van der Waals surface area contributed by atoms with Gasteiger partial charge >= 0.3 is 0 Å². The van der Waals surface area contributed by atoms with Gasteiger partial charge in [0, 0.05) is 19.3 Å². The lowest BCUT2D eigenvalue weighted by Gasteiger charge is -2.16. The average Bonchev–Trinajstić information content (AvgIpc) is 3.02. The summed E-state index contributed by atoms with van der Waals surface area (Å²) >= 11 is 2.65. The maximum absolute atomic E-state index is 12.8. The van der Waals surface area contributed by atoms with E-state index in [0.29, 0.717) is 15.2 Å². The number of likely N-dealkylation sites (N-methyl/N-ethyl adjacent to an activating group) is 1. The number of hydrogen-bond donors (Lipinski definition) is 2. The topological polar surface area (TPSA) is 87.2 Å². The van der Waals surface area contributed by atoms with Crippen molar-refractivity contribution < 1.29 is 14.0 Å². The molecule has 0 aliphatic heterocycles. The summed E-state index contributed by atoms with van der Waals surface area (Å²) in [5, 5.41) is 14.3. The highest BCUT2D eigenvalue weighted by molar-refractivity contribution is 8.01. The van der Waals surface area contributed by atoms with Gasteiger partial charge in [-0.05, 0) is 31.2 Å². The molecule has 134 valence electrons. The van der Waals surface area contributed by atoms with E-state index in [1.807, 2.05) is 6.92 Å². The quantitative estimate of drug-likeness (QED) is 0.680. The predicted molar refractivity (Wildman–Crippen MR) is 97.5 cm³/mol. The number of anilines is 2. The van der Waals surface area contributed by atoms with Crippen molar-refractivity contribution in [1.82, 2.24) is 15.1 Å². The maximum atomic E-state index is 12.8. The number of amides is 2. The molecule has 0 atom stereocenters. The third-order valence-corrected chi connectivity index (χ3v) is 4.99. The van der Waals surface area contributed by atoms with Crippen LogP contribution in [0.15, 0.2) is 28.6 Å². The van der Waals surface area contributed by atoms with Gasteiger partial charge in [-0.3, -0.25) is 9.59 Å². The minimum absolute atomic E-state index is 0.0878. The predicted octanol–water partition coefficient (Wildman–Crippen LogP) is 2.30. The van der Waals surface area contributed by atoms with Crippen LogP contribution >= 0.6 is 23.1 Å². The summed E-state index contributed by atoms with van der Waals surface area (Å²) in [5.74, 6) is -0.755. The number of aromatic nitrogens is 2. The normalized spacial score (nSPS) is 10.4. The first kappa shape index (κ1) is 19.1. The number of hydrogen-bond acceptors (Lipinski definition) is 7. The van der Waals surface area contributed by atoms with Crippen molar-refractivity contribution in [3.8, 4) is 0 Å². The highest BCUT2D eigenvalue weighted by Gasteiger charge is 2.15. The Bertz CT molecular complexity index is 723. The van der Waals surface area contributed by atoms with E-state index in [0.717, 1.165) is 6.54 Å². The van der Waals surface area contributed by atoms with E-state index in [9.17, 15) is 14.0 Å². The summed E-state index contributed by atoms with van der Waals surface area (Å²) < 4.78 is 13.5. The van der Waals surface area contributed by atoms with Gasteiger partial charge in [-0.25, -0.2) is 4.39 Å². The third-order valence-electron chi connectivity index (χ3n) is 2.99. The van der Waals surface area contributed by atoms with Crippen LogP contribution in [0.4, 0.5) is 15.2 Å². The summed E-state index contributed by atoms with van der Waals surface area (Å²) in [6.45, 7) is 2.63. The van der Waals surface area contributed by atoms with Crippen LogP contribution in [0, 0.1) is 5.82 Å². The smallest absolute Gasteiger partial charge is 0.243 e. The van der Waals surface area contributed by atoms with Gasteiger partial charge in [-0.1, -0.05) is 23.1 Å². The van der Waals surface area contributed by atoms with Gasteiger partial charge in [0.05, 0.1) is 12.3 Å². The van der Waals surface area contributed by atoms with Gasteiger partial charge in [0.2, 0.25) is 16.9 Å². The first-order valence-corrected chi connectivity index (χ1v) is 9.27. The summed E-state index contributed by atoms with van der Waals surface area (Å²) in [4.78, 5) is 25.4. The second-order valence-electron chi connectivity index (χ2n) is 5.00. The van der Waals surface area contributed by atoms with E-state index in [2.05, 4.69) is 20.8 Å². The molecule has 10 heteroatoms. The third kappa shape index (κ3) is 6.31. The van der Waals surface area contributed by atoms with Crippen LogP contribution in [-0.2, 0) is 9.59 Å². The molecule has 0 fully saturated rings. The molecule has 1 aromatic heterocycles. The molecular formula is C15H18FN5O2S2. The molecule has 0 saturated carbocycles. The zero-order valence-corrected chi connectivity index (χ0v) is 15.4. The molecule has 2 aromatic rings. The number of benzene rings is 1. The highest BCUT2D eigenvalue weighted by atomic mass is 32.2. The van der Waals surface area contributed by atoms with Crippen LogP contribution in [0.3, 0.4) is 0 Å². The second-order valence-corrected chi connectivity index (χ2v) is 7.20. The Labute approximate surface area is 153 Å². The molecule has 2 rings (SSSR count). The van der Waals surface area contributed by atoms with Gasteiger partial charge in [-0.15, -0.1) is 10.2 Å². The van der Waals surface area contributed by atoms with Gasteiger partial charge < -0.3 is 15.5 Å². The molecular weight excluding hydrogens is 365 g/mol. The Morgan fingerprint density at radius 3 is 2.68 bits per heavy atom. The van der Waals surface area contributed by atoms with Crippen molar-refractivity contribution in [2.75, 3.05) is 36.5 Å². The maximum Gasteiger partial charge on any atom is 0.243 e. The molecule has 2 N–H and O–H groups in total. The standard InChI is InChI=1S/C15H18FN5O2S2/c1-3-17-14-19-20-15(25-14)24-9-13(23)21(2)8-12(22)18-11-6-4-10(16)5-7-11/h4-7H,3,8-9H2,1-2H3,(H,17,19)(H,18,22).